The van der Waals surface area contributed by atoms with Gasteiger partial charge in [-0.05, 0) is 49.7 Å². The van der Waals surface area contributed by atoms with E-state index in [1.54, 1.807) is 24.3 Å². The van der Waals surface area contributed by atoms with Gasteiger partial charge >= 0.3 is 0 Å². The van der Waals surface area contributed by atoms with Crippen molar-refractivity contribution in [3.05, 3.63) is 54.1 Å². The molecule has 0 spiro atoms. The molecule has 1 unspecified atom stereocenters. The van der Waals surface area contributed by atoms with Gasteiger partial charge in [-0.25, -0.2) is 8.42 Å². The Labute approximate surface area is 159 Å². The summed E-state index contributed by atoms with van der Waals surface area (Å²) in [5.41, 5.74) is 1.05. The number of carbonyl (C=O) groups excluding carboxylic acids is 2. The van der Waals surface area contributed by atoms with Crippen LogP contribution in [0, 0.1) is 0 Å². The second kappa shape index (κ2) is 8.68. The number of amides is 2. The second-order valence-corrected chi connectivity index (χ2v) is 7.86. The lowest BCUT2D eigenvalue weighted by atomic mass is 10.2. The standard InChI is InChI=1S/C19H23N3O4S/c1-4-13(2)20-19(24)15-7-5-10-18(11-15)27(25,26)22-17-9-6-8-16(12-17)21-14(3)23/h5-13,22H,4H2,1-3H3,(H,20,24)(H,21,23). The first kappa shape index (κ1) is 20.4. The highest BCUT2D eigenvalue weighted by Crippen LogP contribution is 2.20. The van der Waals surface area contributed by atoms with Gasteiger partial charge in [-0.2, -0.15) is 0 Å². The van der Waals surface area contributed by atoms with Gasteiger partial charge in [0, 0.05) is 24.2 Å². The molecule has 1 atom stereocenters. The summed E-state index contributed by atoms with van der Waals surface area (Å²) >= 11 is 0. The Hall–Kier alpha value is -2.87. The third kappa shape index (κ3) is 5.82. The maximum Gasteiger partial charge on any atom is 0.261 e. The molecule has 2 amide bonds. The molecule has 0 bridgehead atoms. The van der Waals surface area contributed by atoms with E-state index in [1.807, 2.05) is 13.8 Å². The topological polar surface area (TPSA) is 104 Å². The average molecular weight is 389 g/mol. The van der Waals surface area contributed by atoms with Crippen molar-refractivity contribution in [1.29, 1.82) is 0 Å². The first-order valence-electron chi connectivity index (χ1n) is 8.52. The number of carbonyl (C=O) groups is 2. The maximum atomic E-state index is 12.7. The summed E-state index contributed by atoms with van der Waals surface area (Å²) in [6, 6.07) is 12.2. The van der Waals surface area contributed by atoms with Crippen LogP contribution in [-0.2, 0) is 14.8 Å². The summed E-state index contributed by atoms with van der Waals surface area (Å²) in [5.74, 6) is -0.580. The molecule has 8 heteroatoms. The largest absolute Gasteiger partial charge is 0.350 e. The molecule has 2 rings (SSSR count). The molecular weight excluding hydrogens is 366 g/mol. The highest BCUT2D eigenvalue weighted by Gasteiger charge is 2.17. The SMILES string of the molecule is CCC(C)NC(=O)c1cccc(S(=O)(=O)Nc2cccc(NC(C)=O)c2)c1. The van der Waals surface area contributed by atoms with Gasteiger partial charge in [0.05, 0.1) is 10.6 Å². The van der Waals surface area contributed by atoms with Gasteiger partial charge < -0.3 is 10.6 Å². The summed E-state index contributed by atoms with van der Waals surface area (Å²) < 4.78 is 27.8. The fourth-order valence-electron chi connectivity index (χ4n) is 2.29. The van der Waals surface area contributed by atoms with Crippen molar-refractivity contribution in [2.75, 3.05) is 10.0 Å². The normalized spacial score (nSPS) is 12.1. The lowest BCUT2D eigenvalue weighted by molar-refractivity contribution is -0.114. The summed E-state index contributed by atoms with van der Waals surface area (Å²) in [6.45, 7) is 5.19. The molecular formula is C19H23N3O4S. The molecule has 144 valence electrons. The average Bonchev–Trinajstić information content (AvgIpc) is 2.61. The quantitative estimate of drug-likeness (QED) is 0.677. The third-order valence-corrected chi connectivity index (χ3v) is 5.21. The van der Waals surface area contributed by atoms with E-state index < -0.39 is 10.0 Å². The van der Waals surface area contributed by atoms with E-state index >= 15 is 0 Å². The van der Waals surface area contributed by atoms with Crippen LogP contribution in [0.3, 0.4) is 0 Å². The summed E-state index contributed by atoms with van der Waals surface area (Å²) in [4.78, 5) is 23.4. The number of hydrogen-bond acceptors (Lipinski definition) is 4. The van der Waals surface area contributed by atoms with Gasteiger partial charge in [-0.15, -0.1) is 0 Å². The monoisotopic (exact) mass is 389 g/mol. The van der Waals surface area contributed by atoms with Gasteiger partial charge in [-0.3, -0.25) is 14.3 Å². The fraction of sp³-hybridized carbons (Fsp3) is 0.263. The predicted octanol–water partition coefficient (Wildman–Crippen LogP) is 2.97. The van der Waals surface area contributed by atoms with Crippen molar-refractivity contribution in [2.24, 2.45) is 0 Å². The molecule has 0 saturated heterocycles. The molecule has 0 saturated carbocycles. The number of nitrogens with one attached hydrogen (secondary N) is 3. The Morgan fingerprint density at radius 1 is 1.04 bits per heavy atom. The van der Waals surface area contributed by atoms with E-state index in [4.69, 9.17) is 0 Å². The van der Waals surface area contributed by atoms with Crippen LogP contribution in [0.4, 0.5) is 11.4 Å². The summed E-state index contributed by atoms with van der Waals surface area (Å²) in [7, 11) is -3.89. The zero-order chi connectivity index (χ0) is 20.0. The van der Waals surface area contributed by atoms with E-state index in [0.717, 1.165) is 6.42 Å². The van der Waals surface area contributed by atoms with Crippen LogP contribution < -0.4 is 15.4 Å². The zero-order valence-electron chi connectivity index (χ0n) is 15.4. The molecule has 0 aliphatic rings. The van der Waals surface area contributed by atoms with Crippen molar-refractivity contribution in [3.8, 4) is 0 Å². The molecule has 2 aromatic rings. The lowest BCUT2D eigenvalue weighted by Gasteiger charge is -2.13. The Balaban J connectivity index is 2.23. The molecule has 27 heavy (non-hydrogen) atoms. The number of hydrogen-bond donors (Lipinski definition) is 3. The van der Waals surface area contributed by atoms with Gasteiger partial charge in [0.25, 0.3) is 15.9 Å². The highest BCUT2D eigenvalue weighted by atomic mass is 32.2. The van der Waals surface area contributed by atoms with Gasteiger partial charge in [0.15, 0.2) is 0 Å². The first-order chi connectivity index (χ1) is 12.7. The Bertz CT molecular complexity index is 941. The van der Waals surface area contributed by atoms with E-state index in [2.05, 4.69) is 15.4 Å². The van der Waals surface area contributed by atoms with Crippen LogP contribution in [-0.4, -0.2) is 26.3 Å². The van der Waals surface area contributed by atoms with Crippen molar-refractivity contribution in [1.82, 2.24) is 5.32 Å². The molecule has 0 radical (unpaired) electrons. The highest BCUT2D eigenvalue weighted by molar-refractivity contribution is 7.92. The van der Waals surface area contributed by atoms with Crippen LogP contribution in [0.5, 0.6) is 0 Å². The van der Waals surface area contributed by atoms with Crippen molar-refractivity contribution in [2.45, 2.75) is 38.1 Å². The maximum absolute atomic E-state index is 12.7. The van der Waals surface area contributed by atoms with Crippen LogP contribution >= 0.6 is 0 Å². The van der Waals surface area contributed by atoms with Gasteiger partial charge in [0.1, 0.15) is 0 Å². The summed E-state index contributed by atoms with van der Waals surface area (Å²) in [6.07, 6.45) is 0.774. The molecule has 0 aliphatic carbocycles. The van der Waals surface area contributed by atoms with Crippen LogP contribution in [0.25, 0.3) is 0 Å². The molecule has 2 aromatic carbocycles. The Morgan fingerprint density at radius 3 is 2.37 bits per heavy atom. The predicted molar refractivity (Wildman–Crippen MR) is 105 cm³/mol. The summed E-state index contributed by atoms with van der Waals surface area (Å²) in [5, 5.41) is 5.40. The fourth-order valence-corrected chi connectivity index (χ4v) is 3.39. The van der Waals surface area contributed by atoms with E-state index in [-0.39, 0.29) is 28.3 Å². The van der Waals surface area contributed by atoms with Crippen LogP contribution in [0.2, 0.25) is 0 Å². The van der Waals surface area contributed by atoms with E-state index in [0.29, 0.717) is 11.4 Å². The minimum atomic E-state index is -3.89. The Morgan fingerprint density at radius 2 is 1.70 bits per heavy atom. The van der Waals surface area contributed by atoms with Crippen LogP contribution in [0.15, 0.2) is 53.4 Å². The molecule has 0 aromatic heterocycles. The second-order valence-electron chi connectivity index (χ2n) is 6.18. The first-order valence-corrected chi connectivity index (χ1v) is 10.0. The van der Waals surface area contributed by atoms with Gasteiger partial charge in [-0.1, -0.05) is 19.1 Å². The zero-order valence-corrected chi connectivity index (χ0v) is 16.3. The number of rotatable bonds is 7. The van der Waals surface area contributed by atoms with E-state index in [9.17, 15) is 18.0 Å². The molecule has 7 nitrogen and oxygen atoms in total. The minimum absolute atomic E-state index is 0.00703. The molecule has 0 heterocycles. The van der Waals surface area contributed by atoms with Crippen molar-refractivity contribution >= 4 is 33.2 Å². The van der Waals surface area contributed by atoms with E-state index in [1.165, 1.54) is 31.2 Å². The van der Waals surface area contributed by atoms with Crippen molar-refractivity contribution in [3.63, 3.8) is 0 Å². The third-order valence-electron chi connectivity index (χ3n) is 3.83. The number of sulfonamides is 1. The van der Waals surface area contributed by atoms with Crippen LogP contribution in [0.1, 0.15) is 37.6 Å². The number of benzene rings is 2. The molecule has 3 N–H and O–H groups in total. The van der Waals surface area contributed by atoms with Gasteiger partial charge in [0.2, 0.25) is 5.91 Å². The molecule has 0 aliphatic heterocycles. The Kier molecular flexibility index (Phi) is 6.57. The minimum Gasteiger partial charge on any atom is -0.350 e. The molecule has 0 fully saturated rings. The lowest BCUT2D eigenvalue weighted by Crippen LogP contribution is -2.32. The number of anilines is 2. The smallest absolute Gasteiger partial charge is 0.261 e. The van der Waals surface area contributed by atoms with Crippen molar-refractivity contribution < 1.29 is 18.0 Å².